The highest BCUT2D eigenvalue weighted by molar-refractivity contribution is 7.89. The van der Waals surface area contributed by atoms with Crippen LogP contribution in [0.2, 0.25) is 0 Å². The minimum atomic E-state index is -4.02. The largest absolute Gasteiger partial charge is 0.459 e. The maximum absolute atomic E-state index is 13.9. The molecule has 0 aliphatic rings. The third-order valence-corrected chi connectivity index (χ3v) is 3.90. The van der Waals surface area contributed by atoms with E-state index in [2.05, 4.69) is 0 Å². The standard InChI is InChI=1S/C13H18FNO4S/c1-7(2)9(4)19-13(16)11-6-10(20(15,17)18)5-8(3)12(11)14/h5-7,9H,1-4H3,(H2,15,17,18). The van der Waals surface area contributed by atoms with E-state index in [9.17, 15) is 17.6 Å². The Bertz CT molecular complexity index is 626. The zero-order valence-corrected chi connectivity index (χ0v) is 12.6. The van der Waals surface area contributed by atoms with E-state index in [0.29, 0.717) is 0 Å². The zero-order valence-electron chi connectivity index (χ0n) is 11.8. The maximum Gasteiger partial charge on any atom is 0.341 e. The van der Waals surface area contributed by atoms with Crippen molar-refractivity contribution in [1.29, 1.82) is 0 Å². The summed E-state index contributed by atoms with van der Waals surface area (Å²) in [6.07, 6.45) is -0.416. The van der Waals surface area contributed by atoms with Crippen LogP contribution in [0.25, 0.3) is 0 Å². The van der Waals surface area contributed by atoms with E-state index in [4.69, 9.17) is 9.88 Å². The molecule has 112 valence electrons. The number of benzene rings is 1. The minimum absolute atomic E-state index is 0.0145. The van der Waals surface area contributed by atoms with Gasteiger partial charge >= 0.3 is 5.97 Å². The molecule has 0 saturated carbocycles. The number of primary sulfonamides is 1. The first-order valence-corrected chi connectivity index (χ1v) is 7.62. The van der Waals surface area contributed by atoms with E-state index in [-0.39, 0.29) is 16.4 Å². The molecular weight excluding hydrogens is 285 g/mol. The summed E-state index contributed by atoms with van der Waals surface area (Å²) in [5, 5.41) is 4.99. The molecule has 0 aromatic heterocycles. The van der Waals surface area contributed by atoms with Gasteiger partial charge in [0.05, 0.1) is 10.5 Å². The van der Waals surface area contributed by atoms with Crippen molar-refractivity contribution in [1.82, 2.24) is 0 Å². The van der Waals surface area contributed by atoms with Crippen LogP contribution in [0.3, 0.4) is 0 Å². The molecular formula is C13H18FNO4S. The van der Waals surface area contributed by atoms with Crippen LogP contribution in [0, 0.1) is 18.7 Å². The van der Waals surface area contributed by atoms with Gasteiger partial charge in [-0.25, -0.2) is 22.7 Å². The van der Waals surface area contributed by atoms with Crippen LogP contribution in [0.5, 0.6) is 0 Å². The lowest BCUT2D eigenvalue weighted by atomic mass is 10.1. The monoisotopic (exact) mass is 303 g/mol. The highest BCUT2D eigenvalue weighted by Crippen LogP contribution is 2.20. The molecule has 1 rings (SSSR count). The van der Waals surface area contributed by atoms with Crippen LogP contribution in [0.15, 0.2) is 17.0 Å². The molecule has 0 aliphatic carbocycles. The van der Waals surface area contributed by atoms with Crippen molar-refractivity contribution >= 4 is 16.0 Å². The highest BCUT2D eigenvalue weighted by atomic mass is 32.2. The van der Waals surface area contributed by atoms with Crippen LogP contribution in [0.1, 0.15) is 36.7 Å². The van der Waals surface area contributed by atoms with Crippen LogP contribution < -0.4 is 5.14 Å². The summed E-state index contributed by atoms with van der Waals surface area (Å²) in [5.74, 6) is -1.65. The van der Waals surface area contributed by atoms with Crippen LogP contribution >= 0.6 is 0 Å². The smallest absolute Gasteiger partial charge is 0.341 e. The molecule has 2 N–H and O–H groups in total. The topological polar surface area (TPSA) is 86.5 Å². The van der Waals surface area contributed by atoms with E-state index in [1.54, 1.807) is 6.92 Å². The molecule has 7 heteroatoms. The number of hydrogen-bond acceptors (Lipinski definition) is 4. The van der Waals surface area contributed by atoms with Gasteiger partial charge in [0, 0.05) is 0 Å². The van der Waals surface area contributed by atoms with E-state index < -0.39 is 33.5 Å². The number of esters is 1. The van der Waals surface area contributed by atoms with Gasteiger partial charge in [-0.3, -0.25) is 0 Å². The molecule has 0 aliphatic heterocycles. The fraction of sp³-hybridized carbons (Fsp3) is 0.462. The van der Waals surface area contributed by atoms with Gasteiger partial charge < -0.3 is 4.74 Å². The number of carbonyl (C=O) groups excluding carboxylic acids is 1. The van der Waals surface area contributed by atoms with Gasteiger partial charge in [-0.05, 0) is 37.5 Å². The summed E-state index contributed by atoms with van der Waals surface area (Å²) in [6, 6.07) is 1.97. The van der Waals surface area contributed by atoms with Crippen molar-refractivity contribution < 1.29 is 22.3 Å². The lowest BCUT2D eigenvalue weighted by Gasteiger charge is -2.17. The van der Waals surface area contributed by atoms with Gasteiger partial charge in [-0.15, -0.1) is 0 Å². The summed E-state index contributed by atoms with van der Waals surface area (Å²) in [4.78, 5) is 11.6. The second-order valence-corrected chi connectivity index (χ2v) is 6.56. The second kappa shape index (κ2) is 5.88. The molecule has 0 radical (unpaired) electrons. The summed E-state index contributed by atoms with van der Waals surface area (Å²) in [6.45, 7) is 6.73. The number of sulfonamides is 1. The number of halogens is 1. The van der Waals surface area contributed by atoms with Gasteiger partial charge in [-0.1, -0.05) is 13.8 Å². The Morgan fingerprint density at radius 1 is 1.30 bits per heavy atom. The Hall–Kier alpha value is -1.47. The first-order chi connectivity index (χ1) is 9.04. The molecule has 0 amide bonds. The van der Waals surface area contributed by atoms with Crippen LogP contribution in [-0.4, -0.2) is 20.5 Å². The molecule has 1 atom stereocenters. The number of hydrogen-bond donors (Lipinski definition) is 1. The molecule has 0 heterocycles. The predicted molar refractivity (Wildman–Crippen MR) is 72.2 cm³/mol. The lowest BCUT2D eigenvalue weighted by molar-refractivity contribution is 0.0232. The van der Waals surface area contributed by atoms with E-state index in [1.807, 2.05) is 13.8 Å². The SMILES string of the molecule is Cc1cc(S(N)(=O)=O)cc(C(=O)OC(C)C(C)C)c1F. The predicted octanol–water partition coefficient (Wildman–Crippen LogP) is 1.98. The number of nitrogens with two attached hydrogens (primary N) is 1. The van der Waals surface area contributed by atoms with Gasteiger partial charge in [0.25, 0.3) is 0 Å². The first kappa shape index (κ1) is 16.6. The highest BCUT2D eigenvalue weighted by Gasteiger charge is 2.22. The normalized spacial score (nSPS) is 13.3. The molecule has 0 fully saturated rings. The molecule has 1 aromatic rings. The number of ether oxygens (including phenoxy) is 1. The third-order valence-electron chi connectivity index (χ3n) is 3.01. The summed E-state index contributed by atoms with van der Waals surface area (Å²) >= 11 is 0. The van der Waals surface area contributed by atoms with Gasteiger partial charge in [0.2, 0.25) is 10.0 Å². The molecule has 0 bridgehead atoms. The molecule has 5 nitrogen and oxygen atoms in total. The number of rotatable bonds is 4. The van der Waals surface area contributed by atoms with E-state index in [0.717, 1.165) is 12.1 Å². The van der Waals surface area contributed by atoms with Crippen molar-refractivity contribution in [3.8, 4) is 0 Å². The average molecular weight is 303 g/mol. The summed E-state index contributed by atoms with van der Waals surface area (Å²) in [5.41, 5.74) is -0.415. The van der Waals surface area contributed by atoms with Gasteiger partial charge in [0.1, 0.15) is 11.9 Å². The molecule has 1 aromatic carbocycles. The Labute approximate surface area is 118 Å². The van der Waals surface area contributed by atoms with Crippen molar-refractivity contribution in [2.24, 2.45) is 11.1 Å². The van der Waals surface area contributed by atoms with Crippen molar-refractivity contribution in [3.63, 3.8) is 0 Å². The molecule has 20 heavy (non-hydrogen) atoms. The molecule has 1 unspecified atom stereocenters. The lowest BCUT2D eigenvalue weighted by Crippen LogP contribution is -2.22. The second-order valence-electron chi connectivity index (χ2n) is 5.00. The van der Waals surface area contributed by atoms with E-state index in [1.165, 1.54) is 6.92 Å². The van der Waals surface area contributed by atoms with Gasteiger partial charge in [-0.2, -0.15) is 0 Å². The van der Waals surface area contributed by atoms with Crippen LogP contribution in [0.4, 0.5) is 4.39 Å². The maximum atomic E-state index is 13.9. The van der Waals surface area contributed by atoms with E-state index >= 15 is 0 Å². The van der Waals surface area contributed by atoms with Crippen molar-refractivity contribution in [2.75, 3.05) is 0 Å². The van der Waals surface area contributed by atoms with Crippen molar-refractivity contribution in [3.05, 3.63) is 29.1 Å². The van der Waals surface area contributed by atoms with Crippen molar-refractivity contribution in [2.45, 2.75) is 38.7 Å². The third kappa shape index (κ3) is 3.77. The Morgan fingerprint density at radius 3 is 2.30 bits per heavy atom. The zero-order chi connectivity index (χ0) is 15.7. The first-order valence-electron chi connectivity index (χ1n) is 6.08. The average Bonchev–Trinajstić information content (AvgIpc) is 2.30. The fourth-order valence-corrected chi connectivity index (χ4v) is 2.04. The Balaban J connectivity index is 3.24. The minimum Gasteiger partial charge on any atom is -0.459 e. The summed E-state index contributed by atoms with van der Waals surface area (Å²) in [7, 11) is -4.02. The fourth-order valence-electron chi connectivity index (χ4n) is 1.42. The Morgan fingerprint density at radius 2 is 1.85 bits per heavy atom. The number of aryl methyl sites for hydroxylation is 1. The van der Waals surface area contributed by atoms with Crippen LogP contribution in [-0.2, 0) is 14.8 Å². The Kier molecular flexibility index (Phi) is 4.88. The quantitative estimate of drug-likeness (QED) is 0.862. The van der Waals surface area contributed by atoms with Gasteiger partial charge in [0.15, 0.2) is 0 Å². The number of carbonyl (C=O) groups is 1. The molecule has 0 saturated heterocycles. The summed E-state index contributed by atoms with van der Waals surface area (Å²) < 4.78 is 41.6. The molecule has 0 spiro atoms.